The van der Waals surface area contributed by atoms with Gasteiger partial charge in [0.25, 0.3) is 0 Å². The molecule has 0 fully saturated rings. The number of amidine groups is 1. The van der Waals surface area contributed by atoms with E-state index < -0.39 is 12.0 Å². The van der Waals surface area contributed by atoms with Crippen molar-refractivity contribution in [3.63, 3.8) is 0 Å². The molecule has 0 aliphatic carbocycles. The molecule has 2 aromatic carbocycles. The van der Waals surface area contributed by atoms with Gasteiger partial charge in [-0.2, -0.15) is 0 Å². The van der Waals surface area contributed by atoms with Crippen molar-refractivity contribution in [3.8, 4) is 11.5 Å². The van der Waals surface area contributed by atoms with Gasteiger partial charge in [0.2, 0.25) is 5.91 Å². The van der Waals surface area contributed by atoms with E-state index in [4.69, 9.17) is 19.2 Å². The number of fused-ring (bicyclic) bond motifs is 1. The standard InChI is InChI=1S/C29H33N3O5S/c1-6-18(3)30-24(33)15-21-17-38-29-31-26(19-11-9-8-10-12-19)25(28(34)37-7-2)27(32(21)29)20-13-22(35-4)16-23(14-20)36-5/h8-14,16-18,27H,6-7,15H2,1-5H3,(H,30,33)/t18-,27-/m0/s1. The minimum absolute atomic E-state index is 0.0600. The van der Waals surface area contributed by atoms with Crippen molar-refractivity contribution >= 4 is 34.5 Å². The van der Waals surface area contributed by atoms with Crippen LogP contribution in [0.5, 0.6) is 11.5 Å². The maximum Gasteiger partial charge on any atom is 0.338 e. The van der Waals surface area contributed by atoms with Crippen molar-refractivity contribution < 1.29 is 23.8 Å². The molecule has 200 valence electrons. The minimum atomic E-state index is -0.626. The SMILES string of the molecule is CCOC(=O)C1=C(c2ccccc2)N=C2SC=C(CC(=O)N[C@@H](C)CC)N2[C@H]1c1cc(OC)cc(OC)c1. The minimum Gasteiger partial charge on any atom is -0.497 e. The number of esters is 1. The van der Waals surface area contributed by atoms with E-state index in [1.807, 2.05) is 66.6 Å². The van der Waals surface area contributed by atoms with E-state index in [1.54, 1.807) is 27.2 Å². The number of rotatable bonds is 10. The van der Waals surface area contributed by atoms with Crippen molar-refractivity contribution in [2.24, 2.45) is 4.99 Å². The maximum atomic E-state index is 13.6. The highest BCUT2D eigenvalue weighted by Crippen LogP contribution is 2.48. The van der Waals surface area contributed by atoms with Crippen LogP contribution in [0.4, 0.5) is 0 Å². The summed E-state index contributed by atoms with van der Waals surface area (Å²) < 4.78 is 16.7. The van der Waals surface area contributed by atoms with Crippen LogP contribution in [-0.2, 0) is 14.3 Å². The Hall–Kier alpha value is -3.72. The second-order valence-corrected chi connectivity index (χ2v) is 9.78. The van der Waals surface area contributed by atoms with Gasteiger partial charge in [-0.15, -0.1) is 0 Å². The van der Waals surface area contributed by atoms with Crippen LogP contribution in [0.25, 0.3) is 5.70 Å². The van der Waals surface area contributed by atoms with Gasteiger partial charge in [0.05, 0.1) is 44.6 Å². The summed E-state index contributed by atoms with van der Waals surface area (Å²) in [5.41, 5.74) is 3.21. The molecule has 0 saturated heterocycles. The molecule has 2 aromatic rings. The van der Waals surface area contributed by atoms with Crippen LogP contribution in [0.2, 0.25) is 0 Å². The number of aliphatic imine (C=N–C) groups is 1. The lowest BCUT2D eigenvalue weighted by molar-refractivity contribution is -0.139. The molecular formula is C29H33N3O5S. The van der Waals surface area contributed by atoms with E-state index in [9.17, 15) is 9.59 Å². The van der Waals surface area contributed by atoms with Gasteiger partial charge in [0.15, 0.2) is 5.17 Å². The summed E-state index contributed by atoms with van der Waals surface area (Å²) in [5.74, 6) is 0.603. The Morgan fingerprint density at radius 1 is 1.08 bits per heavy atom. The Labute approximate surface area is 227 Å². The maximum absolute atomic E-state index is 13.6. The second-order valence-electron chi connectivity index (χ2n) is 8.94. The van der Waals surface area contributed by atoms with Crippen molar-refractivity contribution in [1.29, 1.82) is 0 Å². The molecule has 0 spiro atoms. The Kier molecular flexibility index (Phi) is 8.78. The average molecular weight is 536 g/mol. The number of benzene rings is 2. The van der Waals surface area contributed by atoms with E-state index in [2.05, 4.69) is 5.32 Å². The molecule has 38 heavy (non-hydrogen) atoms. The lowest BCUT2D eigenvalue weighted by Gasteiger charge is -2.37. The topological polar surface area (TPSA) is 89.5 Å². The molecule has 2 aliphatic heterocycles. The highest BCUT2D eigenvalue weighted by Gasteiger charge is 2.42. The second kappa shape index (κ2) is 12.2. The summed E-state index contributed by atoms with van der Waals surface area (Å²) in [6.45, 7) is 5.99. The molecule has 0 aromatic heterocycles. The van der Waals surface area contributed by atoms with Gasteiger partial charge < -0.3 is 24.4 Å². The molecule has 0 saturated carbocycles. The number of carbonyl (C=O) groups excluding carboxylic acids is 2. The lowest BCUT2D eigenvalue weighted by atomic mass is 9.91. The van der Waals surface area contributed by atoms with Crippen LogP contribution in [0.3, 0.4) is 0 Å². The van der Waals surface area contributed by atoms with Crippen molar-refractivity contribution in [1.82, 2.24) is 10.2 Å². The van der Waals surface area contributed by atoms with Crippen LogP contribution in [0.15, 0.2) is 70.2 Å². The third-order valence-electron chi connectivity index (χ3n) is 6.40. The summed E-state index contributed by atoms with van der Waals surface area (Å²) in [6, 6.07) is 14.5. The van der Waals surface area contributed by atoms with Gasteiger partial charge in [0, 0.05) is 23.4 Å². The quantitative estimate of drug-likeness (QED) is 0.414. The molecule has 0 radical (unpaired) electrons. The highest BCUT2D eigenvalue weighted by molar-refractivity contribution is 8.16. The Bertz CT molecular complexity index is 1270. The van der Waals surface area contributed by atoms with Crippen LogP contribution >= 0.6 is 11.8 Å². The summed E-state index contributed by atoms with van der Waals surface area (Å²) in [5, 5.41) is 5.64. The molecule has 0 bridgehead atoms. The predicted octanol–water partition coefficient (Wildman–Crippen LogP) is 5.28. The van der Waals surface area contributed by atoms with Crippen molar-refractivity contribution in [2.45, 2.75) is 45.7 Å². The largest absolute Gasteiger partial charge is 0.497 e. The van der Waals surface area contributed by atoms with Crippen LogP contribution in [-0.4, -0.2) is 48.8 Å². The number of hydrogen-bond donors (Lipinski definition) is 1. The molecule has 4 rings (SSSR count). The molecule has 0 unspecified atom stereocenters. The molecule has 2 aliphatic rings. The number of methoxy groups -OCH3 is 2. The Morgan fingerprint density at radius 2 is 1.76 bits per heavy atom. The number of nitrogens with zero attached hydrogens (tertiary/aromatic N) is 2. The van der Waals surface area contributed by atoms with E-state index in [1.165, 1.54) is 11.8 Å². The number of nitrogens with one attached hydrogen (secondary N) is 1. The third kappa shape index (κ3) is 5.72. The predicted molar refractivity (Wildman–Crippen MR) is 150 cm³/mol. The van der Waals surface area contributed by atoms with Gasteiger partial charge in [-0.05, 0) is 43.4 Å². The number of thioether (sulfide) groups is 1. The van der Waals surface area contributed by atoms with Gasteiger partial charge in [-0.3, -0.25) is 4.79 Å². The first-order valence-corrected chi connectivity index (χ1v) is 13.5. The molecule has 2 heterocycles. The van der Waals surface area contributed by atoms with E-state index in [0.29, 0.717) is 27.9 Å². The molecule has 1 amide bonds. The number of ether oxygens (including phenoxy) is 3. The highest BCUT2D eigenvalue weighted by atomic mass is 32.2. The van der Waals surface area contributed by atoms with E-state index >= 15 is 0 Å². The fourth-order valence-electron chi connectivity index (χ4n) is 4.38. The van der Waals surface area contributed by atoms with Gasteiger partial charge in [0.1, 0.15) is 11.5 Å². The first kappa shape index (κ1) is 27.3. The fourth-order valence-corrected chi connectivity index (χ4v) is 5.30. The zero-order valence-corrected chi connectivity index (χ0v) is 23.1. The van der Waals surface area contributed by atoms with E-state index in [0.717, 1.165) is 23.2 Å². The Morgan fingerprint density at radius 3 is 2.37 bits per heavy atom. The van der Waals surface area contributed by atoms with Gasteiger partial charge >= 0.3 is 5.97 Å². The van der Waals surface area contributed by atoms with Gasteiger partial charge in [-0.1, -0.05) is 49.0 Å². The zero-order valence-electron chi connectivity index (χ0n) is 22.3. The van der Waals surface area contributed by atoms with E-state index in [-0.39, 0.29) is 25.0 Å². The monoisotopic (exact) mass is 535 g/mol. The van der Waals surface area contributed by atoms with Crippen LogP contribution in [0, 0.1) is 0 Å². The van der Waals surface area contributed by atoms with Gasteiger partial charge in [-0.25, -0.2) is 9.79 Å². The molecule has 8 nitrogen and oxygen atoms in total. The molecule has 1 N–H and O–H groups in total. The molecular weight excluding hydrogens is 502 g/mol. The smallest absolute Gasteiger partial charge is 0.338 e. The molecule has 9 heteroatoms. The number of carbonyl (C=O) groups is 2. The normalized spacial score (nSPS) is 17.3. The van der Waals surface area contributed by atoms with Crippen molar-refractivity contribution in [2.75, 3.05) is 20.8 Å². The first-order valence-electron chi connectivity index (χ1n) is 12.6. The van der Waals surface area contributed by atoms with Crippen LogP contribution < -0.4 is 14.8 Å². The number of hydrogen-bond acceptors (Lipinski definition) is 8. The summed E-state index contributed by atoms with van der Waals surface area (Å²) in [6.07, 6.45) is 0.975. The zero-order chi connectivity index (χ0) is 27.2. The average Bonchev–Trinajstić information content (AvgIpc) is 3.33. The van der Waals surface area contributed by atoms with Crippen molar-refractivity contribution in [3.05, 3.63) is 76.3 Å². The molecule has 2 atom stereocenters. The summed E-state index contributed by atoms with van der Waals surface area (Å²) in [4.78, 5) is 33.4. The van der Waals surface area contributed by atoms with Crippen LogP contribution in [0.1, 0.15) is 50.8 Å². The third-order valence-corrected chi connectivity index (χ3v) is 7.29. The lowest BCUT2D eigenvalue weighted by Crippen LogP contribution is -2.39. The fraction of sp³-hybridized carbons (Fsp3) is 0.345. The summed E-state index contributed by atoms with van der Waals surface area (Å²) >= 11 is 1.43. The number of amides is 1. The summed E-state index contributed by atoms with van der Waals surface area (Å²) in [7, 11) is 3.17. The first-order chi connectivity index (χ1) is 18.4. The Balaban J connectivity index is 1.90.